The van der Waals surface area contributed by atoms with Gasteiger partial charge in [0, 0.05) is 19.6 Å². The minimum atomic E-state index is -3.43. The lowest BCUT2D eigenvalue weighted by Gasteiger charge is -2.33. The Morgan fingerprint density at radius 2 is 2.00 bits per heavy atom. The molecule has 27 heavy (non-hydrogen) atoms. The summed E-state index contributed by atoms with van der Waals surface area (Å²) in [4.78, 5) is 7.48. The monoisotopic (exact) mass is 392 g/mol. The lowest BCUT2D eigenvalue weighted by atomic mass is 9.73. The van der Waals surface area contributed by atoms with E-state index in [9.17, 15) is 8.42 Å². The van der Waals surface area contributed by atoms with Crippen molar-refractivity contribution in [3.8, 4) is 0 Å². The van der Waals surface area contributed by atoms with Crippen LogP contribution in [0.1, 0.15) is 51.0 Å². The molecule has 150 valence electrons. The molecule has 1 heterocycles. The molecule has 0 bridgehead atoms. The van der Waals surface area contributed by atoms with Crippen molar-refractivity contribution in [3.05, 3.63) is 29.8 Å². The Kier molecular flexibility index (Phi) is 6.42. The molecule has 1 spiro atoms. The van der Waals surface area contributed by atoms with Crippen LogP contribution in [0.25, 0.3) is 0 Å². The van der Waals surface area contributed by atoms with Crippen molar-refractivity contribution >= 4 is 16.0 Å². The van der Waals surface area contributed by atoms with Crippen molar-refractivity contribution in [2.24, 2.45) is 10.4 Å². The van der Waals surface area contributed by atoms with E-state index in [1.807, 2.05) is 6.07 Å². The van der Waals surface area contributed by atoms with Gasteiger partial charge < -0.3 is 10.2 Å². The van der Waals surface area contributed by atoms with E-state index < -0.39 is 10.0 Å². The first-order chi connectivity index (χ1) is 13.0. The van der Waals surface area contributed by atoms with Gasteiger partial charge >= 0.3 is 0 Å². The van der Waals surface area contributed by atoms with E-state index in [-0.39, 0.29) is 4.90 Å². The highest BCUT2D eigenvalue weighted by molar-refractivity contribution is 7.89. The molecule has 1 aliphatic heterocycles. The summed E-state index contributed by atoms with van der Waals surface area (Å²) >= 11 is 0. The third-order valence-corrected chi connectivity index (χ3v) is 7.29. The Labute approximate surface area is 163 Å². The summed E-state index contributed by atoms with van der Waals surface area (Å²) in [6.45, 7) is 5.53. The average Bonchev–Trinajstić information content (AvgIpc) is 3.09. The van der Waals surface area contributed by atoms with Crippen molar-refractivity contribution in [1.82, 2.24) is 14.9 Å². The second kappa shape index (κ2) is 8.61. The minimum Gasteiger partial charge on any atom is -0.357 e. The molecule has 2 aliphatic rings. The highest BCUT2D eigenvalue weighted by Gasteiger charge is 2.39. The summed E-state index contributed by atoms with van der Waals surface area (Å²) in [6.07, 6.45) is 8.03. The molecule has 2 N–H and O–H groups in total. The maximum absolute atomic E-state index is 12.0. The minimum absolute atomic E-state index is 0.282. The molecule has 1 saturated heterocycles. The van der Waals surface area contributed by atoms with Crippen LogP contribution in [0.4, 0.5) is 0 Å². The van der Waals surface area contributed by atoms with Crippen molar-refractivity contribution in [3.63, 3.8) is 0 Å². The van der Waals surface area contributed by atoms with Crippen molar-refractivity contribution in [2.75, 3.05) is 26.7 Å². The molecule has 1 aromatic rings. The Balaban J connectivity index is 1.72. The van der Waals surface area contributed by atoms with E-state index in [1.54, 1.807) is 18.2 Å². The van der Waals surface area contributed by atoms with Crippen LogP contribution in [0, 0.1) is 5.41 Å². The Hall–Kier alpha value is -1.60. The van der Waals surface area contributed by atoms with E-state index in [0.717, 1.165) is 31.2 Å². The van der Waals surface area contributed by atoms with Gasteiger partial charge in [-0.2, -0.15) is 0 Å². The maximum atomic E-state index is 12.0. The fourth-order valence-corrected chi connectivity index (χ4v) is 5.15. The number of nitrogens with zero attached hydrogens (tertiary/aromatic N) is 2. The summed E-state index contributed by atoms with van der Waals surface area (Å²) in [5, 5.41) is 3.42. The van der Waals surface area contributed by atoms with Gasteiger partial charge in [-0.3, -0.25) is 0 Å². The molecular formula is C20H32N4O2S. The molecule has 0 radical (unpaired) electrons. The van der Waals surface area contributed by atoms with Crippen LogP contribution in [0.3, 0.4) is 0 Å². The van der Waals surface area contributed by atoms with Gasteiger partial charge in [0.05, 0.1) is 11.4 Å². The summed E-state index contributed by atoms with van der Waals surface area (Å²) in [5.74, 6) is 0.946. The van der Waals surface area contributed by atoms with Gasteiger partial charge in [-0.1, -0.05) is 31.4 Å². The van der Waals surface area contributed by atoms with E-state index in [2.05, 4.69) is 21.9 Å². The molecule has 2 fully saturated rings. The third-order valence-electron chi connectivity index (χ3n) is 5.88. The lowest BCUT2D eigenvalue weighted by Crippen LogP contribution is -2.41. The second-order valence-corrected chi connectivity index (χ2v) is 9.64. The molecule has 0 atom stereocenters. The lowest BCUT2D eigenvalue weighted by molar-refractivity contribution is 0.203. The van der Waals surface area contributed by atoms with Crippen LogP contribution >= 0.6 is 0 Å². The number of benzene rings is 1. The van der Waals surface area contributed by atoms with Gasteiger partial charge in [-0.15, -0.1) is 0 Å². The Morgan fingerprint density at radius 1 is 1.22 bits per heavy atom. The van der Waals surface area contributed by atoms with Crippen molar-refractivity contribution < 1.29 is 8.42 Å². The van der Waals surface area contributed by atoms with Crippen LogP contribution in [-0.4, -0.2) is 46.0 Å². The predicted octanol–water partition coefficient (Wildman–Crippen LogP) is 2.72. The third kappa shape index (κ3) is 4.82. The number of hydrogen-bond acceptors (Lipinski definition) is 3. The molecule has 0 unspecified atom stereocenters. The zero-order valence-electron chi connectivity index (χ0n) is 16.5. The van der Waals surface area contributed by atoms with E-state index in [1.165, 1.54) is 45.6 Å². The van der Waals surface area contributed by atoms with Gasteiger partial charge in [-0.05, 0) is 56.3 Å². The van der Waals surface area contributed by atoms with Crippen LogP contribution in [0.5, 0.6) is 0 Å². The second-order valence-electron chi connectivity index (χ2n) is 7.76. The Bertz CT molecular complexity index is 770. The topological polar surface area (TPSA) is 73.8 Å². The number of hydrogen-bond donors (Lipinski definition) is 2. The number of nitrogens with one attached hydrogen (secondary N) is 2. The molecular weight excluding hydrogens is 360 g/mol. The standard InChI is InChI=1S/C20H32N4O2S/c1-3-22-19(24-13-12-20(16-24)10-5-4-6-11-20)23-15-17-8-7-9-18(14-17)27(25,26)21-2/h7-9,14,21H,3-6,10-13,15-16H2,1-2H3,(H,22,23). The fraction of sp³-hybridized carbons (Fsp3) is 0.650. The number of sulfonamides is 1. The van der Waals surface area contributed by atoms with Crippen LogP contribution < -0.4 is 10.0 Å². The SMILES string of the molecule is CCNC(=NCc1cccc(S(=O)(=O)NC)c1)N1CCC2(CCCCC2)C1. The number of likely N-dealkylation sites (tertiary alicyclic amines) is 1. The van der Waals surface area contributed by atoms with Crippen LogP contribution in [0.15, 0.2) is 34.2 Å². The highest BCUT2D eigenvalue weighted by Crippen LogP contribution is 2.43. The summed E-state index contributed by atoms with van der Waals surface area (Å²) in [6, 6.07) is 7.01. The molecule has 0 aromatic heterocycles. The first kappa shape index (κ1) is 20.1. The predicted molar refractivity (Wildman–Crippen MR) is 109 cm³/mol. The highest BCUT2D eigenvalue weighted by atomic mass is 32.2. The smallest absolute Gasteiger partial charge is 0.240 e. The van der Waals surface area contributed by atoms with E-state index >= 15 is 0 Å². The van der Waals surface area contributed by atoms with Crippen molar-refractivity contribution in [2.45, 2.75) is 56.9 Å². The zero-order chi connectivity index (χ0) is 19.3. The normalized spacial score (nSPS) is 20.2. The molecule has 0 amide bonds. The maximum Gasteiger partial charge on any atom is 0.240 e. The van der Waals surface area contributed by atoms with Crippen molar-refractivity contribution in [1.29, 1.82) is 0 Å². The van der Waals surface area contributed by atoms with E-state index in [0.29, 0.717) is 12.0 Å². The molecule has 6 nitrogen and oxygen atoms in total. The van der Waals surface area contributed by atoms with Gasteiger partial charge in [0.25, 0.3) is 0 Å². The summed E-state index contributed by atoms with van der Waals surface area (Å²) in [5.41, 5.74) is 1.38. The van der Waals surface area contributed by atoms with Gasteiger partial charge in [-0.25, -0.2) is 18.1 Å². The van der Waals surface area contributed by atoms with Gasteiger partial charge in [0.2, 0.25) is 10.0 Å². The number of guanidine groups is 1. The number of rotatable bonds is 5. The molecule has 3 rings (SSSR count). The number of aliphatic imine (C=N–C) groups is 1. The molecule has 7 heteroatoms. The summed E-state index contributed by atoms with van der Waals surface area (Å²) in [7, 11) is -2.00. The largest absolute Gasteiger partial charge is 0.357 e. The average molecular weight is 393 g/mol. The zero-order valence-corrected chi connectivity index (χ0v) is 17.3. The van der Waals surface area contributed by atoms with Crippen LogP contribution in [-0.2, 0) is 16.6 Å². The summed E-state index contributed by atoms with van der Waals surface area (Å²) < 4.78 is 26.4. The van der Waals surface area contributed by atoms with Gasteiger partial charge in [0.15, 0.2) is 5.96 Å². The quantitative estimate of drug-likeness (QED) is 0.597. The first-order valence-electron chi connectivity index (χ1n) is 10.0. The molecule has 1 aliphatic carbocycles. The van der Waals surface area contributed by atoms with Gasteiger partial charge in [0.1, 0.15) is 0 Å². The molecule has 1 saturated carbocycles. The fourth-order valence-electron chi connectivity index (χ4n) is 4.35. The Morgan fingerprint density at radius 3 is 2.70 bits per heavy atom. The van der Waals surface area contributed by atoms with Crippen LogP contribution in [0.2, 0.25) is 0 Å². The first-order valence-corrected chi connectivity index (χ1v) is 11.5. The molecule has 1 aromatic carbocycles. The van der Waals surface area contributed by atoms with E-state index in [4.69, 9.17) is 4.99 Å².